The molecule has 2 aromatic rings. The van der Waals surface area contributed by atoms with E-state index in [1.54, 1.807) is 0 Å². The van der Waals surface area contributed by atoms with Crippen LogP contribution in [0.3, 0.4) is 0 Å². The number of Topliss-reactive ketones (excluding diaryl/α,β-unsaturated/α-hetero) is 1. The number of carbonyl (C=O) groups excluding carboxylic acids is 1. The molecule has 0 spiro atoms. The molecule has 18 heavy (non-hydrogen) atoms. The van der Waals surface area contributed by atoms with Crippen LogP contribution in [0.5, 0.6) is 0 Å². The molecule has 3 nitrogen and oxygen atoms in total. The third-order valence-corrected chi connectivity index (χ3v) is 3.57. The first-order chi connectivity index (χ1) is 8.66. The lowest BCUT2D eigenvalue weighted by atomic mass is 9.86. The SMILES string of the molecule is C[C@@H]1CC(=O)c2c(-c3ccccc3)nn(C)c2C1. The minimum Gasteiger partial charge on any atom is -0.294 e. The fourth-order valence-corrected chi connectivity index (χ4v) is 2.70. The highest BCUT2D eigenvalue weighted by atomic mass is 16.1. The van der Waals surface area contributed by atoms with Crippen molar-refractivity contribution in [2.45, 2.75) is 19.8 Å². The molecular formula is C15H16N2O. The van der Waals surface area contributed by atoms with Gasteiger partial charge in [-0.3, -0.25) is 9.48 Å². The van der Waals surface area contributed by atoms with Gasteiger partial charge in [0.05, 0.1) is 5.56 Å². The third kappa shape index (κ3) is 1.67. The molecule has 1 aliphatic carbocycles. The van der Waals surface area contributed by atoms with Gasteiger partial charge in [-0.2, -0.15) is 5.10 Å². The van der Waals surface area contributed by atoms with Crippen molar-refractivity contribution >= 4 is 5.78 Å². The normalized spacial score (nSPS) is 18.8. The second-order valence-electron chi connectivity index (χ2n) is 5.10. The van der Waals surface area contributed by atoms with E-state index in [0.29, 0.717) is 12.3 Å². The lowest BCUT2D eigenvalue weighted by Gasteiger charge is -2.18. The van der Waals surface area contributed by atoms with Crippen LogP contribution < -0.4 is 0 Å². The Balaban J connectivity index is 2.19. The van der Waals surface area contributed by atoms with Gasteiger partial charge in [0.25, 0.3) is 0 Å². The zero-order valence-electron chi connectivity index (χ0n) is 10.7. The number of hydrogen-bond acceptors (Lipinski definition) is 2. The smallest absolute Gasteiger partial charge is 0.167 e. The standard InChI is InChI=1S/C15H16N2O/c1-10-8-12-14(13(18)9-10)15(16-17(12)2)11-6-4-3-5-7-11/h3-7,10H,8-9H2,1-2H3/t10-/m0/s1. The van der Waals surface area contributed by atoms with Crippen LogP contribution in [0, 0.1) is 5.92 Å². The van der Waals surface area contributed by atoms with Crippen molar-refractivity contribution in [3.8, 4) is 11.3 Å². The van der Waals surface area contributed by atoms with Gasteiger partial charge < -0.3 is 0 Å². The minimum absolute atomic E-state index is 0.232. The van der Waals surface area contributed by atoms with E-state index in [1.807, 2.05) is 42.1 Å². The van der Waals surface area contributed by atoms with Gasteiger partial charge in [0.2, 0.25) is 0 Å². The first-order valence-electron chi connectivity index (χ1n) is 6.31. The Kier molecular flexibility index (Phi) is 2.54. The van der Waals surface area contributed by atoms with E-state index in [-0.39, 0.29) is 5.78 Å². The average Bonchev–Trinajstić information content (AvgIpc) is 2.68. The third-order valence-electron chi connectivity index (χ3n) is 3.57. The Morgan fingerprint density at radius 1 is 1.22 bits per heavy atom. The second kappa shape index (κ2) is 4.09. The highest BCUT2D eigenvalue weighted by molar-refractivity contribution is 6.03. The number of rotatable bonds is 1. The first-order valence-corrected chi connectivity index (χ1v) is 6.31. The van der Waals surface area contributed by atoms with Crippen LogP contribution in [-0.4, -0.2) is 15.6 Å². The lowest BCUT2D eigenvalue weighted by molar-refractivity contribution is 0.0953. The van der Waals surface area contributed by atoms with Crippen LogP contribution in [0.4, 0.5) is 0 Å². The maximum Gasteiger partial charge on any atom is 0.167 e. The Labute approximate surface area is 106 Å². The quantitative estimate of drug-likeness (QED) is 0.768. The molecule has 0 saturated carbocycles. The first kappa shape index (κ1) is 11.2. The van der Waals surface area contributed by atoms with Gasteiger partial charge in [-0.15, -0.1) is 0 Å². The molecule has 1 aromatic carbocycles. The summed E-state index contributed by atoms with van der Waals surface area (Å²) in [6, 6.07) is 9.95. The average molecular weight is 240 g/mol. The number of aromatic nitrogens is 2. The van der Waals surface area contributed by atoms with Gasteiger partial charge >= 0.3 is 0 Å². The molecule has 0 amide bonds. The molecule has 92 valence electrons. The van der Waals surface area contributed by atoms with Crippen molar-refractivity contribution in [1.82, 2.24) is 9.78 Å². The van der Waals surface area contributed by atoms with E-state index in [4.69, 9.17) is 0 Å². The molecular weight excluding hydrogens is 224 g/mol. The molecule has 1 heterocycles. The molecule has 1 aromatic heterocycles. The monoisotopic (exact) mass is 240 g/mol. The van der Waals surface area contributed by atoms with Crippen LogP contribution >= 0.6 is 0 Å². The molecule has 3 rings (SSSR count). The molecule has 1 atom stereocenters. The number of aryl methyl sites for hydroxylation is 1. The fraction of sp³-hybridized carbons (Fsp3) is 0.333. The fourth-order valence-electron chi connectivity index (χ4n) is 2.70. The van der Waals surface area contributed by atoms with E-state index in [1.165, 1.54) is 0 Å². The van der Waals surface area contributed by atoms with Crippen molar-refractivity contribution in [2.24, 2.45) is 13.0 Å². The molecule has 0 N–H and O–H groups in total. The Morgan fingerprint density at radius 3 is 2.67 bits per heavy atom. The van der Waals surface area contributed by atoms with Crippen LogP contribution in [-0.2, 0) is 13.5 Å². The molecule has 1 aliphatic rings. The maximum absolute atomic E-state index is 12.3. The molecule has 0 bridgehead atoms. The molecule has 0 radical (unpaired) electrons. The highest BCUT2D eigenvalue weighted by Crippen LogP contribution is 2.32. The predicted octanol–water partition coefficient (Wildman–Crippen LogP) is 2.85. The predicted molar refractivity (Wildman–Crippen MR) is 70.5 cm³/mol. The number of fused-ring (bicyclic) bond motifs is 1. The van der Waals surface area contributed by atoms with Crippen LogP contribution in [0.1, 0.15) is 29.4 Å². The Morgan fingerprint density at radius 2 is 1.94 bits per heavy atom. The summed E-state index contributed by atoms with van der Waals surface area (Å²) in [5, 5.41) is 4.54. The Bertz CT molecular complexity index is 598. The zero-order valence-corrected chi connectivity index (χ0v) is 10.7. The maximum atomic E-state index is 12.3. The van der Waals surface area contributed by atoms with Gasteiger partial charge in [0.1, 0.15) is 5.69 Å². The van der Waals surface area contributed by atoms with E-state index in [9.17, 15) is 4.79 Å². The molecule has 3 heteroatoms. The molecule has 0 aliphatic heterocycles. The Hall–Kier alpha value is -1.90. The number of nitrogens with zero attached hydrogens (tertiary/aromatic N) is 2. The van der Waals surface area contributed by atoms with Crippen LogP contribution in [0.15, 0.2) is 30.3 Å². The number of benzene rings is 1. The van der Waals surface area contributed by atoms with Gasteiger partial charge in [-0.25, -0.2) is 0 Å². The topological polar surface area (TPSA) is 34.9 Å². The van der Waals surface area contributed by atoms with Crippen molar-refractivity contribution in [3.63, 3.8) is 0 Å². The van der Waals surface area contributed by atoms with Crippen LogP contribution in [0.25, 0.3) is 11.3 Å². The lowest BCUT2D eigenvalue weighted by Crippen LogP contribution is -2.19. The summed E-state index contributed by atoms with van der Waals surface area (Å²) in [6.07, 6.45) is 1.58. The van der Waals surface area contributed by atoms with Crippen molar-refractivity contribution in [3.05, 3.63) is 41.6 Å². The van der Waals surface area contributed by atoms with E-state index < -0.39 is 0 Å². The van der Waals surface area contributed by atoms with E-state index in [2.05, 4.69) is 12.0 Å². The summed E-state index contributed by atoms with van der Waals surface area (Å²) in [4.78, 5) is 12.3. The molecule has 0 unspecified atom stereocenters. The number of carbonyl (C=O) groups is 1. The van der Waals surface area contributed by atoms with Gasteiger partial charge in [-0.1, -0.05) is 37.3 Å². The van der Waals surface area contributed by atoms with Crippen molar-refractivity contribution in [1.29, 1.82) is 0 Å². The van der Waals surface area contributed by atoms with Crippen molar-refractivity contribution in [2.75, 3.05) is 0 Å². The number of hydrogen-bond donors (Lipinski definition) is 0. The van der Waals surface area contributed by atoms with Crippen LogP contribution in [0.2, 0.25) is 0 Å². The van der Waals surface area contributed by atoms with Gasteiger partial charge in [0.15, 0.2) is 5.78 Å². The summed E-state index contributed by atoms with van der Waals surface area (Å²) in [6.45, 7) is 2.12. The van der Waals surface area contributed by atoms with Gasteiger partial charge in [0, 0.05) is 24.7 Å². The van der Waals surface area contributed by atoms with Gasteiger partial charge in [-0.05, 0) is 12.3 Å². The second-order valence-corrected chi connectivity index (χ2v) is 5.10. The highest BCUT2D eigenvalue weighted by Gasteiger charge is 2.29. The summed E-state index contributed by atoms with van der Waals surface area (Å²) in [7, 11) is 1.93. The zero-order chi connectivity index (χ0) is 12.7. The summed E-state index contributed by atoms with van der Waals surface area (Å²) in [5.41, 5.74) is 3.78. The largest absolute Gasteiger partial charge is 0.294 e. The molecule has 0 saturated heterocycles. The molecule has 0 fully saturated rings. The number of ketones is 1. The summed E-state index contributed by atoms with van der Waals surface area (Å²) in [5.74, 6) is 0.653. The van der Waals surface area contributed by atoms with E-state index in [0.717, 1.165) is 28.9 Å². The summed E-state index contributed by atoms with van der Waals surface area (Å²) < 4.78 is 1.87. The van der Waals surface area contributed by atoms with E-state index >= 15 is 0 Å². The minimum atomic E-state index is 0.232. The summed E-state index contributed by atoms with van der Waals surface area (Å²) >= 11 is 0. The van der Waals surface area contributed by atoms with Crippen molar-refractivity contribution < 1.29 is 4.79 Å².